The monoisotopic (exact) mass is 206 g/mol. The lowest BCUT2D eigenvalue weighted by Gasteiger charge is -2.33. The number of piperidine rings is 1. The molecule has 2 aliphatic rings. The molecule has 0 N–H and O–H groups in total. The molecule has 0 aromatic rings. The standard InChI is InChI=1S/C11H18N4/c12-10-13-11(15-8-4-5-9-15)14-6-2-1-3-7-14/h1-9H2. The fourth-order valence-electron chi connectivity index (χ4n) is 2.40. The Morgan fingerprint density at radius 1 is 0.867 bits per heavy atom. The minimum atomic E-state index is 0.926. The summed E-state index contributed by atoms with van der Waals surface area (Å²) in [7, 11) is 0. The molecule has 4 heteroatoms. The van der Waals surface area contributed by atoms with Crippen LogP contribution < -0.4 is 0 Å². The van der Waals surface area contributed by atoms with E-state index in [0.717, 1.165) is 32.1 Å². The third-order valence-electron chi connectivity index (χ3n) is 3.18. The van der Waals surface area contributed by atoms with Gasteiger partial charge in [-0.05, 0) is 32.1 Å². The lowest BCUT2D eigenvalue weighted by molar-refractivity contribution is 0.298. The molecule has 2 saturated heterocycles. The molecule has 0 spiro atoms. The predicted octanol–water partition coefficient (Wildman–Crippen LogP) is 1.41. The van der Waals surface area contributed by atoms with Gasteiger partial charge < -0.3 is 9.80 Å². The summed E-state index contributed by atoms with van der Waals surface area (Å²) in [4.78, 5) is 8.54. The summed E-state index contributed by atoms with van der Waals surface area (Å²) >= 11 is 0. The van der Waals surface area contributed by atoms with Crippen molar-refractivity contribution in [2.45, 2.75) is 32.1 Å². The van der Waals surface area contributed by atoms with E-state index in [9.17, 15) is 0 Å². The predicted molar refractivity (Wildman–Crippen MR) is 59.3 cm³/mol. The minimum Gasteiger partial charge on any atom is -0.342 e. The van der Waals surface area contributed by atoms with Crippen LogP contribution in [0.3, 0.4) is 0 Å². The van der Waals surface area contributed by atoms with E-state index in [1.807, 2.05) is 6.19 Å². The Labute approximate surface area is 91.2 Å². The second-order valence-corrected chi connectivity index (χ2v) is 4.25. The van der Waals surface area contributed by atoms with Crippen LogP contribution in [0, 0.1) is 11.5 Å². The largest absolute Gasteiger partial charge is 0.342 e. The summed E-state index contributed by atoms with van der Waals surface area (Å²) < 4.78 is 0. The average molecular weight is 206 g/mol. The molecule has 0 aliphatic carbocycles. The van der Waals surface area contributed by atoms with Crippen molar-refractivity contribution in [3.63, 3.8) is 0 Å². The van der Waals surface area contributed by atoms with Gasteiger partial charge in [-0.25, -0.2) is 0 Å². The van der Waals surface area contributed by atoms with Gasteiger partial charge >= 0.3 is 0 Å². The summed E-state index contributed by atoms with van der Waals surface area (Å²) in [6, 6.07) is 0. The summed E-state index contributed by atoms with van der Waals surface area (Å²) in [5, 5.41) is 8.74. The van der Waals surface area contributed by atoms with Crippen molar-refractivity contribution in [3.8, 4) is 6.19 Å². The van der Waals surface area contributed by atoms with Crippen LogP contribution in [0.4, 0.5) is 0 Å². The lowest BCUT2D eigenvalue weighted by Crippen LogP contribution is -2.45. The molecule has 15 heavy (non-hydrogen) atoms. The van der Waals surface area contributed by atoms with Crippen molar-refractivity contribution in [3.05, 3.63) is 0 Å². The van der Waals surface area contributed by atoms with Gasteiger partial charge in [-0.3, -0.25) is 0 Å². The van der Waals surface area contributed by atoms with Crippen molar-refractivity contribution in [2.75, 3.05) is 26.2 Å². The lowest BCUT2D eigenvalue weighted by atomic mass is 10.1. The number of hydrogen-bond acceptors (Lipinski definition) is 2. The van der Waals surface area contributed by atoms with E-state index >= 15 is 0 Å². The molecule has 0 saturated carbocycles. The van der Waals surface area contributed by atoms with E-state index in [0.29, 0.717) is 0 Å². The quantitative estimate of drug-likeness (QED) is 0.342. The number of nitrogens with zero attached hydrogens (tertiary/aromatic N) is 4. The molecule has 0 radical (unpaired) electrons. The second-order valence-electron chi connectivity index (χ2n) is 4.25. The number of hydrogen-bond donors (Lipinski definition) is 0. The van der Waals surface area contributed by atoms with Gasteiger partial charge in [0.1, 0.15) is 0 Å². The highest BCUT2D eigenvalue weighted by Gasteiger charge is 2.22. The smallest absolute Gasteiger partial charge is 0.212 e. The van der Waals surface area contributed by atoms with Gasteiger partial charge in [0.05, 0.1) is 0 Å². The fourth-order valence-corrected chi connectivity index (χ4v) is 2.40. The van der Waals surface area contributed by atoms with Gasteiger partial charge in [-0.1, -0.05) is 0 Å². The van der Waals surface area contributed by atoms with Crippen molar-refractivity contribution < 1.29 is 0 Å². The maximum absolute atomic E-state index is 8.74. The van der Waals surface area contributed by atoms with Crippen LogP contribution in [-0.2, 0) is 0 Å². The minimum absolute atomic E-state index is 0.926. The molecule has 2 aliphatic heterocycles. The first kappa shape index (κ1) is 10.3. The van der Waals surface area contributed by atoms with Crippen molar-refractivity contribution in [1.82, 2.24) is 9.80 Å². The van der Waals surface area contributed by atoms with E-state index in [-0.39, 0.29) is 0 Å². The molecular weight excluding hydrogens is 188 g/mol. The Morgan fingerprint density at radius 3 is 1.80 bits per heavy atom. The van der Waals surface area contributed by atoms with Crippen LogP contribution in [0.15, 0.2) is 4.99 Å². The molecule has 0 aromatic carbocycles. The fraction of sp³-hybridized carbons (Fsp3) is 0.818. The number of rotatable bonds is 0. The Hall–Kier alpha value is -1.24. The first-order valence-electron chi connectivity index (χ1n) is 5.88. The van der Waals surface area contributed by atoms with Gasteiger partial charge in [-0.2, -0.15) is 5.26 Å². The van der Waals surface area contributed by atoms with Crippen LogP contribution >= 0.6 is 0 Å². The Kier molecular flexibility index (Phi) is 3.44. The molecule has 0 unspecified atom stereocenters. The average Bonchev–Trinajstić information content (AvgIpc) is 2.80. The zero-order valence-electron chi connectivity index (χ0n) is 9.15. The molecule has 4 nitrogen and oxygen atoms in total. The zero-order valence-corrected chi connectivity index (χ0v) is 9.15. The van der Waals surface area contributed by atoms with Crippen LogP contribution in [-0.4, -0.2) is 41.9 Å². The normalized spacial score (nSPS) is 23.0. The highest BCUT2D eigenvalue weighted by atomic mass is 15.4. The highest BCUT2D eigenvalue weighted by molar-refractivity contribution is 5.81. The van der Waals surface area contributed by atoms with Crippen molar-refractivity contribution in [2.24, 2.45) is 4.99 Å². The highest BCUT2D eigenvalue weighted by Crippen LogP contribution is 2.15. The van der Waals surface area contributed by atoms with Gasteiger partial charge in [-0.15, -0.1) is 4.99 Å². The number of likely N-dealkylation sites (tertiary alicyclic amines) is 2. The van der Waals surface area contributed by atoms with Crippen LogP contribution in [0.2, 0.25) is 0 Å². The Morgan fingerprint density at radius 2 is 1.33 bits per heavy atom. The van der Waals surface area contributed by atoms with Crippen LogP contribution in [0.5, 0.6) is 0 Å². The number of aliphatic imine (C=N–C) groups is 1. The van der Waals surface area contributed by atoms with E-state index in [2.05, 4.69) is 14.8 Å². The third kappa shape index (κ3) is 2.41. The summed E-state index contributed by atoms with van der Waals surface area (Å²) in [5.41, 5.74) is 0. The van der Waals surface area contributed by atoms with Crippen LogP contribution in [0.1, 0.15) is 32.1 Å². The molecule has 2 fully saturated rings. The van der Waals surface area contributed by atoms with E-state index in [1.54, 1.807) is 0 Å². The molecule has 0 atom stereocenters. The van der Waals surface area contributed by atoms with Crippen LogP contribution in [0.25, 0.3) is 0 Å². The van der Waals surface area contributed by atoms with Gasteiger partial charge in [0.15, 0.2) is 0 Å². The number of guanidine groups is 1. The van der Waals surface area contributed by atoms with Crippen molar-refractivity contribution in [1.29, 1.82) is 5.26 Å². The van der Waals surface area contributed by atoms with Gasteiger partial charge in [0, 0.05) is 26.2 Å². The van der Waals surface area contributed by atoms with Gasteiger partial charge in [0.2, 0.25) is 12.2 Å². The maximum atomic E-state index is 8.74. The summed E-state index contributed by atoms with van der Waals surface area (Å²) in [6.45, 7) is 4.27. The third-order valence-corrected chi connectivity index (χ3v) is 3.18. The van der Waals surface area contributed by atoms with E-state index < -0.39 is 0 Å². The second kappa shape index (κ2) is 5.01. The summed E-state index contributed by atoms with van der Waals surface area (Å²) in [5.74, 6) is 0.926. The molecule has 82 valence electrons. The zero-order chi connectivity index (χ0) is 10.5. The molecule has 0 aromatic heterocycles. The first-order valence-corrected chi connectivity index (χ1v) is 5.88. The Balaban J connectivity index is 2.04. The van der Waals surface area contributed by atoms with Gasteiger partial charge in [0.25, 0.3) is 0 Å². The number of nitriles is 1. The first-order chi connectivity index (χ1) is 7.42. The summed E-state index contributed by atoms with van der Waals surface area (Å²) in [6.07, 6.45) is 8.20. The van der Waals surface area contributed by atoms with E-state index in [1.165, 1.54) is 32.1 Å². The SMILES string of the molecule is N#CN=C(N1CCCCC1)N1CCCC1. The van der Waals surface area contributed by atoms with Crippen molar-refractivity contribution >= 4 is 5.96 Å². The molecule has 0 bridgehead atoms. The molecular formula is C11H18N4. The molecule has 2 heterocycles. The molecule has 2 rings (SSSR count). The Bertz CT molecular complexity index is 267. The maximum Gasteiger partial charge on any atom is 0.212 e. The molecule has 0 amide bonds. The van der Waals surface area contributed by atoms with E-state index in [4.69, 9.17) is 5.26 Å². The topological polar surface area (TPSA) is 42.6 Å².